The average molecular weight is 450 g/mol. The molecule has 0 saturated heterocycles. The van der Waals surface area contributed by atoms with Gasteiger partial charge in [0.2, 0.25) is 0 Å². The minimum Gasteiger partial charge on any atom is -0.493 e. The van der Waals surface area contributed by atoms with Crippen LogP contribution in [0.25, 0.3) is 0 Å². The van der Waals surface area contributed by atoms with Crippen LogP contribution >= 0.6 is 11.3 Å². The number of benzene rings is 2. The maximum atomic E-state index is 13.0. The van der Waals surface area contributed by atoms with Crippen LogP contribution in [0.2, 0.25) is 0 Å². The van der Waals surface area contributed by atoms with Crippen LogP contribution in [0, 0.1) is 12.7 Å². The molecule has 1 aromatic heterocycles. The molecule has 0 atom stereocenters. The zero-order chi connectivity index (χ0) is 22.4. The summed E-state index contributed by atoms with van der Waals surface area (Å²) in [4.78, 5) is 17.5. The van der Waals surface area contributed by atoms with Crippen LogP contribution < -0.4 is 14.8 Å². The highest BCUT2D eigenvalue weighted by molar-refractivity contribution is 7.13. The van der Waals surface area contributed by atoms with Crippen LogP contribution in [0.4, 0.5) is 13.2 Å². The Kier molecular flexibility index (Phi) is 7.51. The molecule has 2 aromatic carbocycles. The van der Waals surface area contributed by atoms with Gasteiger partial charge in [-0.25, -0.2) is 9.37 Å². The van der Waals surface area contributed by atoms with E-state index < -0.39 is 6.61 Å². The average Bonchev–Trinajstić information content (AvgIpc) is 3.10. The number of nitrogens with one attached hydrogen (secondary N) is 1. The van der Waals surface area contributed by atoms with Gasteiger partial charge in [0.15, 0.2) is 11.5 Å². The third-order valence-corrected chi connectivity index (χ3v) is 5.62. The zero-order valence-electron chi connectivity index (χ0n) is 17.0. The summed E-state index contributed by atoms with van der Waals surface area (Å²) in [5.74, 6) is -0.370. The van der Waals surface area contributed by atoms with Gasteiger partial charge >= 0.3 is 6.61 Å². The highest BCUT2D eigenvalue weighted by atomic mass is 32.1. The van der Waals surface area contributed by atoms with Gasteiger partial charge in [-0.15, -0.1) is 11.3 Å². The van der Waals surface area contributed by atoms with Gasteiger partial charge in [-0.2, -0.15) is 8.78 Å². The number of hydrogen-bond acceptors (Lipinski definition) is 5. The van der Waals surface area contributed by atoms with E-state index in [1.807, 2.05) is 0 Å². The number of nitrogens with zero attached hydrogens (tertiary/aromatic N) is 1. The first-order chi connectivity index (χ1) is 14.9. The molecule has 0 radical (unpaired) electrons. The predicted molar refractivity (Wildman–Crippen MR) is 112 cm³/mol. The molecule has 1 N–H and O–H groups in total. The number of rotatable bonds is 9. The van der Waals surface area contributed by atoms with E-state index in [2.05, 4.69) is 15.0 Å². The second-order valence-electron chi connectivity index (χ2n) is 6.69. The molecule has 9 heteroatoms. The summed E-state index contributed by atoms with van der Waals surface area (Å²) in [5.41, 5.74) is 2.35. The fourth-order valence-electron chi connectivity index (χ4n) is 2.98. The summed E-state index contributed by atoms with van der Waals surface area (Å²) < 4.78 is 47.4. The van der Waals surface area contributed by atoms with E-state index in [4.69, 9.17) is 4.74 Å². The molecule has 0 saturated carbocycles. The third kappa shape index (κ3) is 6.21. The van der Waals surface area contributed by atoms with Gasteiger partial charge < -0.3 is 14.8 Å². The SMILES string of the molecule is COc1cc(CCNC(=O)c2sc(Cc3ccc(F)cc3)nc2C)ccc1OC(F)F. The van der Waals surface area contributed by atoms with Gasteiger partial charge in [0.1, 0.15) is 10.7 Å². The number of alkyl halides is 2. The fourth-order valence-corrected chi connectivity index (χ4v) is 3.99. The molecule has 0 fully saturated rings. The van der Waals surface area contributed by atoms with E-state index in [0.717, 1.165) is 16.1 Å². The molecule has 3 rings (SSSR count). The molecule has 0 unspecified atom stereocenters. The van der Waals surface area contributed by atoms with Gasteiger partial charge in [0.05, 0.1) is 17.8 Å². The van der Waals surface area contributed by atoms with Crippen molar-refractivity contribution >= 4 is 17.2 Å². The normalized spacial score (nSPS) is 10.9. The predicted octanol–water partition coefficient (Wildman–Crippen LogP) is 4.76. The Balaban J connectivity index is 1.57. The quantitative estimate of drug-likeness (QED) is 0.511. The molecule has 0 aliphatic heterocycles. The van der Waals surface area contributed by atoms with Crippen molar-refractivity contribution in [2.24, 2.45) is 0 Å². The number of halogens is 3. The smallest absolute Gasteiger partial charge is 0.387 e. The molecule has 5 nitrogen and oxygen atoms in total. The number of amides is 1. The van der Waals surface area contributed by atoms with Crippen molar-refractivity contribution in [1.29, 1.82) is 0 Å². The molecule has 1 amide bonds. The van der Waals surface area contributed by atoms with Crippen LogP contribution in [0.1, 0.15) is 31.5 Å². The molecule has 0 aliphatic rings. The van der Waals surface area contributed by atoms with E-state index in [0.29, 0.717) is 30.0 Å². The molecule has 0 spiro atoms. The second kappa shape index (κ2) is 10.3. The minimum atomic E-state index is -2.94. The number of aryl methyl sites for hydroxylation is 1. The molecule has 31 heavy (non-hydrogen) atoms. The number of thiazole rings is 1. The molecule has 164 valence electrons. The van der Waals surface area contributed by atoms with Crippen molar-refractivity contribution in [2.45, 2.75) is 26.4 Å². The van der Waals surface area contributed by atoms with Crippen molar-refractivity contribution in [3.8, 4) is 11.5 Å². The first kappa shape index (κ1) is 22.6. The zero-order valence-corrected chi connectivity index (χ0v) is 17.8. The highest BCUT2D eigenvalue weighted by Gasteiger charge is 2.16. The largest absolute Gasteiger partial charge is 0.493 e. The number of hydrogen-bond donors (Lipinski definition) is 1. The van der Waals surface area contributed by atoms with Crippen LogP contribution in [0.5, 0.6) is 11.5 Å². The van der Waals surface area contributed by atoms with Gasteiger partial charge in [-0.1, -0.05) is 18.2 Å². The van der Waals surface area contributed by atoms with E-state index in [9.17, 15) is 18.0 Å². The van der Waals surface area contributed by atoms with E-state index in [-0.39, 0.29) is 23.2 Å². The monoisotopic (exact) mass is 450 g/mol. The van der Waals surface area contributed by atoms with Crippen molar-refractivity contribution in [1.82, 2.24) is 10.3 Å². The maximum Gasteiger partial charge on any atom is 0.387 e. The number of aromatic nitrogens is 1. The lowest BCUT2D eigenvalue weighted by molar-refractivity contribution is -0.0512. The molecule has 0 bridgehead atoms. The Morgan fingerprint density at radius 3 is 2.52 bits per heavy atom. The van der Waals surface area contributed by atoms with Crippen molar-refractivity contribution in [3.63, 3.8) is 0 Å². The molecule has 1 heterocycles. The Bertz CT molecular complexity index is 1040. The lowest BCUT2D eigenvalue weighted by Crippen LogP contribution is -2.25. The van der Waals surface area contributed by atoms with Crippen LogP contribution in [-0.2, 0) is 12.8 Å². The van der Waals surface area contributed by atoms with Gasteiger partial charge in [0.25, 0.3) is 5.91 Å². The summed E-state index contributed by atoms with van der Waals surface area (Å²) in [6.45, 7) is -0.817. The second-order valence-corrected chi connectivity index (χ2v) is 7.78. The fraction of sp³-hybridized carbons (Fsp3) is 0.273. The topological polar surface area (TPSA) is 60.5 Å². The van der Waals surface area contributed by atoms with E-state index in [1.54, 1.807) is 31.2 Å². The number of methoxy groups -OCH3 is 1. The van der Waals surface area contributed by atoms with Crippen molar-refractivity contribution in [3.05, 3.63) is 75.0 Å². The first-order valence-electron chi connectivity index (χ1n) is 9.46. The maximum absolute atomic E-state index is 13.0. The number of ether oxygens (including phenoxy) is 2. The van der Waals surface area contributed by atoms with Crippen molar-refractivity contribution < 1.29 is 27.4 Å². The molecule has 3 aromatic rings. The lowest BCUT2D eigenvalue weighted by atomic mass is 10.1. The number of carbonyl (C=O) groups is 1. The van der Waals surface area contributed by atoms with Crippen LogP contribution in [0.3, 0.4) is 0 Å². The lowest BCUT2D eigenvalue weighted by Gasteiger charge is -2.11. The van der Waals surface area contributed by atoms with Crippen LogP contribution in [0.15, 0.2) is 42.5 Å². The van der Waals surface area contributed by atoms with Gasteiger partial charge in [-0.3, -0.25) is 4.79 Å². The van der Waals surface area contributed by atoms with E-state index in [1.165, 1.54) is 36.6 Å². The molecule has 0 aliphatic carbocycles. The van der Waals surface area contributed by atoms with E-state index >= 15 is 0 Å². The highest BCUT2D eigenvalue weighted by Crippen LogP contribution is 2.29. The van der Waals surface area contributed by atoms with Crippen LogP contribution in [-0.4, -0.2) is 31.2 Å². The Labute approximate surface area is 181 Å². The first-order valence-corrected chi connectivity index (χ1v) is 10.3. The molecular weight excluding hydrogens is 429 g/mol. The Morgan fingerprint density at radius 1 is 1.13 bits per heavy atom. The van der Waals surface area contributed by atoms with Gasteiger partial charge in [0, 0.05) is 13.0 Å². The van der Waals surface area contributed by atoms with Gasteiger partial charge in [-0.05, 0) is 48.7 Å². The summed E-state index contributed by atoms with van der Waals surface area (Å²) in [5, 5.41) is 3.62. The van der Waals surface area contributed by atoms with Crippen molar-refractivity contribution in [2.75, 3.05) is 13.7 Å². The molecular formula is C22H21F3N2O3S. The Hall–Kier alpha value is -3.07. The standard InChI is InChI=1S/C22H21F3N2O3S/c1-13-20(31-19(27-13)12-14-3-6-16(23)7-4-14)21(28)26-10-9-15-5-8-17(30-22(24)25)18(11-15)29-2/h3-8,11,22H,9-10,12H2,1-2H3,(H,26,28). The minimum absolute atomic E-state index is 0.0424. The third-order valence-electron chi connectivity index (χ3n) is 4.46. The summed E-state index contributed by atoms with van der Waals surface area (Å²) in [6, 6.07) is 10.8. The summed E-state index contributed by atoms with van der Waals surface area (Å²) in [7, 11) is 1.37. The summed E-state index contributed by atoms with van der Waals surface area (Å²) >= 11 is 1.30. The Morgan fingerprint density at radius 2 is 1.84 bits per heavy atom. The summed E-state index contributed by atoms with van der Waals surface area (Å²) in [6.07, 6.45) is 1.00. The number of carbonyl (C=O) groups excluding carboxylic acids is 1.